The van der Waals surface area contributed by atoms with Crippen LogP contribution in [0.1, 0.15) is 66.4 Å². The Balaban J connectivity index is 1.27. The number of carbonyl (C=O) groups excluding carboxylic acids is 1. The molecule has 0 radical (unpaired) electrons. The van der Waals surface area contributed by atoms with Gasteiger partial charge in [-0.3, -0.25) is 14.9 Å². The van der Waals surface area contributed by atoms with Crippen molar-refractivity contribution in [1.29, 1.82) is 0 Å². The van der Waals surface area contributed by atoms with Gasteiger partial charge in [0.05, 0.1) is 4.92 Å². The van der Waals surface area contributed by atoms with Gasteiger partial charge in [-0.1, -0.05) is 32.0 Å². The summed E-state index contributed by atoms with van der Waals surface area (Å²) in [6.07, 6.45) is 3.70. The number of hydrogen-bond acceptors (Lipinski definition) is 6. The first-order valence-corrected chi connectivity index (χ1v) is 12.7. The molecule has 0 unspecified atom stereocenters. The van der Waals surface area contributed by atoms with Crippen LogP contribution in [0.25, 0.3) is 11.1 Å². The Kier molecular flexibility index (Phi) is 6.90. The van der Waals surface area contributed by atoms with Gasteiger partial charge < -0.3 is 14.6 Å². The van der Waals surface area contributed by atoms with Gasteiger partial charge in [-0.25, -0.2) is 4.98 Å². The van der Waals surface area contributed by atoms with E-state index in [-0.39, 0.29) is 17.2 Å². The molecule has 5 rings (SSSR count). The summed E-state index contributed by atoms with van der Waals surface area (Å²) in [5, 5.41) is 14.6. The first-order chi connectivity index (χ1) is 17.9. The number of carbonyl (C=O) groups is 1. The molecule has 0 saturated carbocycles. The second-order valence-corrected chi connectivity index (χ2v) is 9.83. The number of benzene rings is 3. The maximum Gasteiger partial charge on any atom is 0.293 e. The molecule has 37 heavy (non-hydrogen) atoms. The summed E-state index contributed by atoms with van der Waals surface area (Å²) in [6.45, 7) is 5.88. The van der Waals surface area contributed by atoms with Crippen LogP contribution in [0, 0.1) is 10.1 Å². The lowest BCUT2D eigenvalue weighted by atomic mass is 10.0. The van der Waals surface area contributed by atoms with Crippen LogP contribution in [-0.4, -0.2) is 28.9 Å². The average molecular weight is 499 g/mol. The molecule has 0 bridgehead atoms. The third-order valence-corrected chi connectivity index (χ3v) is 6.82. The van der Waals surface area contributed by atoms with Crippen molar-refractivity contribution in [3.63, 3.8) is 0 Å². The van der Waals surface area contributed by atoms with Crippen molar-refractivity contribution in [2.75, 3.05) is 23.3 Å². The number of rotatable bonds is 7. The number of anilines is 2. The Labute approximate surface area is 215 Å². The minimum Gasteiger partial charge on any atom is -0.440 e. The van der Waals surface area contributed by atoms with Crippen LogP contribution in [0.15, 0.2) is 65.1 Å². The normalized spacial score (nSPS) is 13.8. The number of hydrogen-bond donors (Lipinski definition) is 1. The van der Waals surface area contributed by atoms with Gasteiger partial charge in [-0.05, 0) is 72.7 Å². The van der Waals surface area contributed by atoms with E-state index in [9.17, 15) is 14.9 Å². The van der Waals surface area contributed by atoms with E-state index >= 15 is 0 Å². The lowest BCUT2D eigenvalue weighted by Crippen LogP contribution is -2.30. The molecule has 1 amide bonds. The highest BCUT2D eigenvalue weighted by molar-refractivity contribution is 6.05. The molecule has 2 heterocycles. The van der Waals surface area contributed by atoms with Crippen LogP contribution in [-0.2, 0) is 6.42 Å². The van der Waals surface area contributed by atoms with Crippen LogP contribution < -0.4 is 10.2 Å². The smallest absolute Gasteiger partial charge is 0.293 e. The molecular formula is C29H30N4O4. The summed E-state index contributed by atoms with van der Waals surface area (Å²) in [4.78, 5) is 30.8. The van der Waals surface area contributed by atoms with Gasteiger partial charge >= 0.3 is 0 Å². The number of nitrogens with zero attached hydrogens (tertiary/aromatic N) is 3. The second-order valence-electron chi connectivity index (χ2n) is 9.83. The molecule has 1 fully saturated rings. The zero-order valence-corrected chi connectivity index (χ0v) is 21.1. The van der Waals surface area contributed by atoms with E-state index in [2.05, 4.69) is 36.3 Å². The number of oxazole rings is 1. The number of fused-ring (bicyclic) bond motifs is 1. The largest absolute Gasteiger partial charge is 0.440 e. The Morgan fingerprint density at radius 2 is 1.81 bits per heavy atom. The van der Waals surface area contributed by atoms with Crippen LogP contribution >= 0.6 is 0 Å². The van der Waals surface area contributed by atoms with Gasteiger partial charge in [0, 0.05) is 36.8 Å². The summed E-state index contributed by atoms with van der Waals surface area (Å²) < 4.78 is 5.90. The highest BCUT2D eigenvalue weighted by atomic mass is 16.6. The summed E-state index contributed by atoms with van der Waals surface area (Å²) in [5.74, 6) is 0.667. The van der Waals surface area contributed by atoms with E-state index in [1.165, 1.54) is 11.6 Å². The van der Waals surface area contributed by atoms with Gasteiger partial charge in [-0.2, -0.15) is 0 Å². The highest BCUT2D eigenvalue weighted by Gasteiger charge is 2.23. The monoisotopic (exact) mass is 498 g/mol. The number of piperidine rings is 1. The Hall–Kier alpha value is -4.20. The van der Waals surface area contributed by atoms with Crippen LogP contribution in [0.4, 0.5) is 17.1 Å². The Bertz CT molecular complexity index is 1440. The van der Waals surface area contributed by atoms with E-state index in [4.69, 9.17) is 4.42 Å². The third-order valence-electron chi connectivity index (χ3n) is 6.82. The fourth-order valence-corrected chi connectivity index (χ4v) is 4.72. The molecule has 1 aromatic heterocycles. The average Bonchev–Trinajstić information content (AvgIpc) is 3.31. The van der Waals surface area contributed by atoms with Crippen LogP contribution in [0.3, 0.4) is 0 Å². The molecule has 0 spiro atoms. The molecule has 1 N–H and O–H groups in total. The molecule has 1 saturated heterocycles. The molecule has 0 aliphatic carbocycles. The lowest BCUT2D eigenvalue weighted by Gasteiger charge is -2.28. The predicted octanol–water partition coefficient (Wildman–Crippen LogP) is 6.69. The molecule has 1 aliphatic heterocycles. The quantitative estimate of drug-likeness (QED) is 0.225. The van der Waals surface area contributed by atoms with Crippen LogP contribution in [0.5, 0.6) is 0 Å². The van der Waals surface area contributed by atoms with E-state index < -0.39 is 4.92 Å². The molecule has 4 aromatic rings. The van der Waals surface area contributed by atoms with E-state index in [1.807, 2.05) is 35.2 Å². The predicted molar refractivity (Wildman–Crippen MR) is 144 cm³/mol. The maximum atomic E-state index is 12.9. The topological polar surface area (TPSA) is 102 Å². The molecule has 8 heteroatoms. The summed E-state index contributed by atoms with van der Waals surface area (Å²) in [7, 11) is 0. The zero-order chi connectivity index (χ0) is 25.9. The van der Waals surface area contributed by atoms with Crippen molar-refractivity contribution in [2.24, 2.45) is 0 Å². The van der Waals surface area contributed by atoms with E-state index in [1.54, 1.807) is 12.1 Å². The first kappa shape index (κ1) is 24.5. The maximum absolute atomic E-state index is 12.9. The van der Waals surface area contributed by atoms with E-state index in [0.29, 0.717) is 29.6 Å². The Morgan fingerprint density at radius 1 is 1.05 bits per heavy atom. The summed E-state index contributed by atoms with van der Waals surface area (Å²) >= 11 is 0. The van der Waals surface area contributed by atoms with Gasteiger partial charge in [0.1, 0.15) is 11.2 Å². The number of nitrogens with one attached hydrogen (secondary N) is 1. The fraction of sp³-hybridized carbons (Fsp3) is 0.310. The van der Waals surface area contributed by atoms with Crippen molar-refractivity contribution in [1.82, 2.24) is 4.98 Å². The van der Waals surface area contributed by atoms with E-state index in [0.717, 1.165) is 49.0 Å². The van der Waals surface area contributed by atoms with Crippen molar-refractivity contribution in [3.05, 3.63) is 93.4 Å². The first-order valence-electron chi connectivity index (χ1n) is 12.7. The van der Waals surface area contributed by atoms with Gasteiger partial charge in [-0.15, -0.1) is 0 Å². The number of amides is 1. The van der Waals surface area contributed by atoms with Crippen molar-refractivity contribution in [3.8, 4) is 0 Å². The summed E-state index contributed by atoms with van der Waals surface area (Å²) in [6, 6.07) is 18.2. The van der Waals surface area contributed by atoms with Crippen LogP contribution in [0.2, 0.25) is 0 Å². The zero-order valence-electron chi connectivity index (χ0n) is 21.1. The number of nitro benzene ring substituents is 1. The molecule has 8 nitrogen and oxygen atoms in total. The molecule has 1 aliphatic rings. The third kappa shape index (κ3) is 5.48. The number of nitro groups is 1. The molecule has 0 atom stereocenters. The Morgan fingerprint density at radius 3 is 2.51 bits per heavy atom. The fourth-order valence-electron chi connectivity index (χ4n) is 4.72. The number of aromatic nitrogens is 1. The van der Waals surface area contributed by atoms with Crippen molar-refractivity contribution < 1.29 is 14.1 Å². The molecular weight excluding hydrogens is 468 g/mol. The highest BCUT2D eigenvalue weighted by Crippen LogP contribution is 2.31. The van der Waals surface area contributed by atoms with Gasteiger partial charge in [0.25, 0.3) is 11.6 Å². The van der Waals surface area contributed by atoms with Crippen molar-refractivity contribution in [2.45, 2.75) is 45.4 Å². The second kappa shape index (κ2) is 10.4. The summed E-state index contributed by atoms with van der Waals surface area (Å²) in [5.41, 5.74) is 5.23. The van der Waals surface area contributed by atoms with Gasteiger partial charge in [0.15, 0.2) is 11.5 Å². The standard InChI is InChI=1S/C29H30N4O4/c1-19(2)21-9-13-27-24(17-21)31-28(37-27)16-20-6-10-23(11-7-20)30-29(34)22-8-12-25(26(18-22)33(35)36)32-14-4-3-5-15-32/h6-13,17-19H,3-5,14-16H2,1-2H3,(H,30,34). The molecule has 3 aromatic carbocycles. The minimum atomic E-state index is -0.411. The minimum absolute atomic E-state index is 0.0382. The van der Waals surface area contributed by atoms with Gasteiger partial charge in [0.2, 0.25) is 0 Å². The lowest BCUT2D eigenvalue weighted by molar-refractivity contribution is -0.384. The SMILES string of the molecule is CC(C)c1ccc2oc(Cc3ccc(NC(=O)c4ccc(N5CCCCC5)c([N+](=O)[O-])c4)cc3)nc2c1. The van der Waals surface area contributed by atoms with Crippen molar-refractivity contribution >= 4 is 34.1 Å². The molecule has 190 valence electrons.